The molecule has 0 fully saturated rings. The predicted octanol–water partition coefficient (Wildman–Crippen LogP) is 4.46. The van der Waals surface area contributed by atoms with Crippen molar-refractivity contribution in [1.29, 1.82) is 0 Å². The summed E-state index contributed by atoms with van der Waals surface area (Å²) in [6.07, 6.45) is 2.01. The zero-order valence-corrected chi connectivity index (χ0v) is 14.5. The highest BCUT2D eigenvalue weighted by Crippen LogP contribution is 2.26. The van der Waals surface area contributed by atoms with Crippen LogP contribution >= 0.6 is 23.1 Å². The first-order valence-electron chi connectivity index (χ1n) is 7.23. The third kappa shape index (κ3) is 3.83. The fourth-order valence-electron chi connectivity index (χ4n) is 2.14. The van der Waals surface area contributed by atoms with E-state index in [1.54, 1.807) is 23.1 Å². The van der Waals surface area contributed by atoms with E-state index in [1.807, 2.05) is 61.7 Å². The highest BCUT2D eigenvalue weighted by molar-refractivity contribution is 7.98. The van der Waals surface area contributed by atoms with Crippen LogP contribution in [0.1, 0.15) is 6.92 Å². The quantitative estimate of drug-likeness (QED) is 0.672. The van der Waals surface area contributed by atoms with Crippen LogP contribution in [0.4, 0.5) is 10.8 Å². The highest BCUT2D eigenvalue weighted by Gasteiger charge is 2.15. The maximum Gasteiger partial charge on any atom is 0.246 e. The second-order valence-electron chi connectivity index (χ2n) is 5.07. The second-order valence-corrected chi connectivity index (χ2v) is 6.98. The van der Waals surface area contributed by atoms with Crippen molar-refractivity contribution >= 4 is 50.0 Å². The number of amides is 1. The summed E-state index contributed by atoms with van der Waals surface area (Å²) in [6, 6.07) is 15.4. The first kappa shape index (κ1) is 15.8. The van der Waals surface area contributed by atoms with Crippen molar-refractivity contribution < 1.29 is 4.79 Å². The van der Waals surface area contributed by atoms with E-state index in [4.69, 9.17) is 0 Å². The number of benzene rings is 2. The molecule has 0 saturated heterocycles. The van der Waals surface area contributed by atoms with Gasteiger partial charge in [-0.05, 0) is 43.5 Å². The maximum atomic E-state index is 12.3. The van der Waals surface area contributed by atoms with E-state index in [0.29, 0.717) is 0 Å². The molecule has 6 heteroatoms. The first-order chi connectivity index (χ1) is 11.2. The normalized spacial score (nSPS) is 12.1. The summed E-state index contributed by atoms with van der Waals surface area (Å²) in [7, 11) is 0. The SMILES string of the molecule is CSc1cccc(NC(=O)C(C)Nc2nc3ccccc3s2)c1. The van der Waals surface area contributed by atoms with E-state index in [1.165, 1.54) is 0 Å². The van der Waals surface area contributed by atoms with Gasteiger partial charge in [0.15, 0.2) is 5.13 Å². The summed E-state index contributed by atoms with van der Waals surface area (Å²) >= 11 is 3.20. The number of nitrogens with one attached hydrogen (secondary N) is 2. The molecule has 0 spiro atoms. The van der Waals surface area contributed by atoms with Gasteiger partial charge in [-0.25, -0.2) is 4.98 Å². The minimum absolute atomic E-state index is 0.0810. The maximum absolute atomic E-state index is 12.3. The van der Waals surface area contributed by atoms with Crippen molar-refractivity contribution in [3.8, 4) is 0 Å². The monoisotopic (exact) mass is 343 g/mol. The van der Waals surface area contributed by atoms with Gasteiger partial charge in [0.1, 0.15) is 6.04 Å². The molecule has 0 radical (unpaired) electrons. The minimum Gasteiger partial charge on any atom is -0.350 e. The van der Waals surface area contributed by atoms with Crippen LogP contribution in [0.2, 0.25) is 0 Å². The van der Waals surface area contributed by atoms with E-state index in [2.05, 4.69) is 15.6 Å². The van der Waals surface area contributed by atoms with Crippen molar-refractivity contribution in [3.05, 3.63) is 48.5 Å². The predicted molar refractivity (Wildman–Crippen MR) is 99.6 cm³/mol. The number of aromatic nitrogens is 1. The molecule has 23 heavy (non-hydrogen) atoms. The summed E-state index contributed by atoms with van der Waals surface area (Å²) < 4.78 is 1.11. The molecule has 0 aliphatic rings. The van der Waals surface area contributed by atoms with Gasteiger partial charge in [-0.1, -0.05) is 29.5 Å². The molecule has 0 aliphatic heterocycles. The number of rotatable bonds is 5. The Morgan fingerprint density at radius 3 is 2.83 bits per heavy atom. The third-order valence-electron chi connectivity index (χ3n) is 3.36. The number of nitrogens with zero attached hydrogens (tertiary/aromatic N) is 1. The minimum atomic E-state index is -0.367. The lowest BCUT2D eigenvalue weighted by Gasteiger charge is -2.13. The Balaban J connectivity index is 1.67. The van der Waals surface area contributed by atoms with Crippen LogP contribution in [0.25, 0.3) is 10.2 Å². The molecule has 4 nitrogen and oxygen atoms in total. The molecule has 2 aromatic carbocycles. The number of carbonyl (C=O) groups is 1. The number of thioether (sulfide) groups is 1. The molecule has 1 unspecified atom stereocenters. The lowest BCUT2D eigenvalue weighted by molar-refractivity contribution is -0.116. The Hall–Kier alpha value is -2.05. The van der Waals surface area contributed by atoms with Gasteiger partial charge in [0, 0.05) is 10.6 Å². The molecule has 2 N–H and O–H groups in total. The molecule has 1 heterocycles. The largest absolute Gasteiger partial charge is 0.350 e. The fourth-order valence-corrected chi connectivity index (χ4v) is 3.55. The Morgan fingerprint density at radius 1 is 1.22 bits per heavy atom. The van der Waals surface area contributed by atoms with E-state index in [9.17, 15) is 4.79 Å². The van der Waals surface area contributed by atoms with Gasteiger partial charge in [-0.15, -0.1) is 11.8 Å². The zero-order valence-electron chi connectivity index (χ0n) is 12.9. The van der Waals surface area contributed by atoms with Gasteiger partial charge in [-0.3, -0.25) is 4.79 Å². The average molecular weight is 343 g/mol. The van der Waals surface area contributed by atoms with E-state index in [0.717, 1.165) is 25.9 Å². The highest BCUT2D eigenvalue weighted by atomic mass is 32.2. The van der Waals surface area contributed by atoms with Crippen LogP contribution in [0.15, 0.2) is 53.4 Å². The van der Waals surface area contributed by atoms with Crippen LogP contribution < -0.4 is 10.6 Å². The number of para-hydroxylation sites is 1. The lowest BCUT2D eigenvalue weighted by Crippen LogP contribution is -2.31. The third-order valence-corrected chi connectivity index (χ3v) is 5.06. The van der Waals surface area contributed by atoms with Gasteiger partial charge >= 0.3 is 0 Å². The molecule has 1 amide bonds. The Morgan fingerprint density at radius 2 is 2.04 bits per heavy atom. The van der Waals surface area contributed by atoms with Crippen molar-refractivity contribution in [2.75, 3.05) is 16.9 Å². The number of hydrogen-bond donors (Lipinski definition) is 2. The van der Waals surface area contributed by atoms with Crippen LogP contribution in [0, 0.1) is 0 Å². The first-order valence-corrected chi connectivity index (χ1v) is 9.27. The van der Waals surface area contributed by atoms with E-state index < -0.39 is 0 Å². The summed E-state index contributed by atoms with van der Waals surface area (Å²) in [6.45, 7) is 1.83. The van der Waals surface area contributed by atoms with Gasteiger partial charge in [-0.2, -0.15) is 0 Å². The summed E-state index contributed by atoms with van der Waals surface area (Å²) in [5.41, 5.74) is 1.75. The molecule has 0 saturated carbocycles. The van der Waals surface area contributed by atoms with Gasteiger partial charge in [0.05, 0.1) is 10.2 Å². The topological polar surface area (TPSA) is 54.0 Å². The van der Waals surface area contributed by atoms with Gasteiger partial charge in [0.2, 0.25) is 5.91 Å². The zero-order chi connectivity index (χ0) is 16.2. The molecule has 1 atom stereocenters. The lowest BCUT2D eigenvalue weighted by atomic mass is 10.2. The molecule has 3 aromatic rings. The molecule has 1 aromatic heterocycles. The Bertz CT molecular complexity index is 798. The van der Waals surface area contributed by atoms with Crippen LogP contribution in [0.3, 0.4) is 0 Å². The summed E-state index contributed by atoms with van der Waals surface area (Å²) in [5.74, 6) is -0.0810. The van der Waals surface area contributed by atoms with Crippen LogP contribution in [-0.4, -0.2) is 23.2 Å². The molecule has 118 valence electrons. The summed E-state index contributed by atoms with van der Waals surface area (Å²) in [4.78, 5) is 17.9. The molecule has 0 bridgehead atoms. The van der Waals surface area contributed by atoms with Gasteiger partial charge < -0.3 is 10.6 Å². The molecule has 0 aliphatic carbocycles. The smallest absolute Gasteiger partial charge is 0.246 e. The van der Waals surface area contributed by atoms with Crippen LogP contribution in [0.5, 0.6) is 0 Å². The Kier molecular flexibility index (Phi) is 4.83. The molecular weight excluding hydrogens is 326 g/mol. The van der Waals surface area contributed by atoms with E-state index in [-0.39, 0.29) is 11.9 Å². The van der Waals surface area contributed by atoms with Gasteiger partial charge in [0.25, 0.3) is 0 Å². The number of anilines is 2. The molecular formula is C17H17N3OS2. The number of fused-ring (bicyclic) bond motifs is 1. The van der Waals surface area contributed by atoms with E-state index >= 15 is 0 Å². The number of thiazole rings is 1. The van der Waals surface area contributed by atoms with Crippen molar-refractivity contribution in [2.24, 2.45) is 0 Å². The number of carbonyl (C=O) groups excluding carboxylic acids is 1. The Labute approximate surface area is 143 Å². The van der Waals surface area contributed by atoms with Crippen molar-refractivity contribution in [1.82, 2.24) is 4.98 Å². The fraction of sp³-hybridized carbons (Fsp3) is 0.176. The second kappa shape index (κ2) is 7.02. The van der Waals surface area contributed by atoms with Crippen molar-refractivity contribution in [2.45, 2.75) is 17.9 Å². The number of hydrogen-bond acceptors (Lipinski definition) is 5. The average Bonchev–Trinajstić information content (AvgIpc) is 2.97. The molecule has 3 rings (SSSR count). The standard InChI is InChI=1S/C17H17N3OS2/c1-11(16(21)19-12-6-5-7-13(10-12)22-2)18-17-20-14-8-3-4-9-15(14)23-17/h3-11H,1-2H3,(H,18,20)(H,19,21). The van der Waals surface area contributed by atoms with Crippen molar-refractivity contribution in [3.63, 3.8) is 0 Å². The van der Waals surface area contributed by atoms with Crippen LogP contribution in [-0.2, 0) is 4.79 Å². The summed E-state index contributed by atoms with van der Waals surface area (Å²) in [5, 5.41) is 6.86.